The number of aromatic nitrogens is 2. The van der Waals surface area contributed by atoms with Crippen LogP contribution in [0.2, 0.25) is 0 Å². The molecule has 0 spiro atoms. The number of thioether (sulfide) groups is 1. The third-order valence-corrected chi connectivity index (χ3v) is 7.54. The topological polar surface area (TPSA) is 47.4 Å². The first-order valence-corrected chi connectivity index (χ1v) is 11.5. The fourth-order valence-electron chi connectivity index (χ4n) is 3.88. The molecular weight excluding hydrogens is 366 g/mol. The van der Waals surface area contributed by atoms with Crippen molar-refractivity contribution >= 4 is 33.3 Å². The van der Waals surface area contributed by atoms with Crippen LogP contribution in [-0.4, -0.2) is 53.1 Å². The molecule has 3 heterocycles. The predicted octanol–water partition coefficient (Wildman–Crippen LogP) is 3.03. The molecule has 2 aliphatic rings. The van der Waals surface area contributed by atoms with Gasteiger partial charge in [0.25, 0.3) is 5.56 Å². The van der Waals surface area contributed by atoms with E-state index in [1.807, 2.05) is 11.5 Å². The van der Waals surface area contributed by atoms with Gasteiger partial charge < -0.3 is 4.74 Å². The summed E-state index contributed by atoms with van der Waals surface area (Å²) in [6, 6.07) is 0. The van der Waals surface area contributed by atoms with Gasteiger partial charge >= 0.3 is 0 Å². The molecule has 2 aromatic heterocycles. The lowest BCUT2D eigenvalue weighted by molar-refractivity contribution is 0.0410. The van der Waals surface area contributed by atoms with Crippen LogP contribution in [-0.2, 0) is 24.1 Å². The molecule has 142 valence electrons. The first-order valence-electron chi connectivity index (χ1n) is 9.65. The number of thiophene rings is 1. The largest absolute Gasteiger partial charge is 0.379 e. The minimum atomic E-state index is 0.165. The molecule has 0 saturated carbocycles. The average molecular weight is 394 g/mol. The SMILES string of the molecule is CCn1c(SCCN2CCOCC2)nc2sc3c(c2c1=O)CCC(C)C3. The van der Waals surface area contributed by atoms with E-state index in [4.69, 9.17) is 9.72 Å². The zero-order chi connectivity index (χ0) is 18.1. The van der Waals surface area contributed by atoms with E-state index in [2.05, 4.69) is 11.8 Å². The Morgan fingerprint density at radius 2 is 2.15 bits per heavy atom. The van der Waals surface area contributed by atoms with E-state index < -0.39 is 0 Å². The zero-order valence-electron chi connectivity index (χ0n) is 15.6. The van der Waals surface area contributed by atoms with Crippen molar-refractivity contribution in [3.8, 4) is 0 Å². The number of hydrogen-bond donors (Lipinski definition) is 0. The Morgan fingerprint density at radius 1 is 1.35 bits per heavy atom. The first-order chi connectivity index (χ1) is 12.7. The minimum Gasteiger partial charge on any atom is -0.379 e. The predicted molar refractivity (Wildman–Crippen MR) is 109 cm³/mol. The summed E-state index contributed by atoms with van der Waals surface area (Å²) >= 11 is 3.46. The van der Waals surface area contributed by atoms with Crippen molar-refractivity contribution in [2.24, 2.45) is 5.92 Å². The summed E-state index contributed by atoms with van der Waals surface area (Å²) in [4.78, 5) is 22.8. The molecular formula is C19H27N3O2S2. The van der Waals surface area contributed by atoms with Gasteiger partial charge in [0.15, 0.2) is 5.16 Å². The third kappa shape index (κ3) is 3.59. The summed E-state index contributed by atoms with van der Waals surface area (Å²) in [5.74, 6) is 1.67. The molecule has 5 nitrogen and oxygen atoms in total. The summed E-state index contributed by atoms with van der Waals surface area (Å²) in [6.07, 6.45) is 3.31. The standard InChI is InChI=1S/C19H27N3O2S2/c1-3-22-18(23)16-14-5-4-13(2)12-15(14)26-17(16)20-19(22)25-11-8-21-6-9-24-10-7-21/h13H,3-12H2,1-2H3. The number of nitrogens with zero attached hydrogens (tertiary/aromatic N) is 3. The second-order valence-corrected chi connectivity index (χ2v) is 9.42. The lowest BCUT2D eigenvalue weighted by atomic mass is 9.89. The van der Waals surface area contributed by atoms with E-state index in [1.54, 1.807) is 23.1 Å². The first kappa shape index (κ1) is 18.5. The maximum atomic E-state index is 13.1. The molecule has 1 unspecified atom stereocenters. The average Bonchev–Trinajstić information content (AvgIpc) is 3.00. The molecule has 0 N–H and O–H groups in total. The van der Waals surface area contributed by atoms with Crippen molar-refractivity contribution in [2.45, 2.75) is 44.8 Å². The van der Waals surface area contributed by atoms with Gasteiger partial charge in [0.05, 0.1) is 18.6 Å². The van der Waals surface area contributed by atoms with Crippen LogP contribution >= 0.6 is 23.1 Å². The highest BCUT2D eigenvalue weighted by Crippen LogP contribution is 2.36. The fraction of sp³-hybridized carbons (Fsp3) is 0.684. The minimum absolute atomic E-state index is 0.165. The van der Waals surface area contributed by atoms with Crippen molar-refractivity contribution in [3.05, 3.63) is 20.8 Å². The maximum Gasteiger partial charge on any atom is 0.263 e. The number of morpholine rings is 1. The van der Waals surface area contributed by atoms with E-state index in [1.165, 1.54) is 16.9 Å². The van der Waals surface area contributed by atoms with Gasteiger partial charge in [-0.1, -0.05) is 18.7 Å². The lowest BCUT2D eigenvalue weighted by Gasteiger charge is -2.26. The van der Waals surface area contributed by atoms with Crippen LogP contribution in [0.15, 0.2) is 9.95 Å². The Bertz CT molecular complexity index is 839. The second-order valence-electron chi connectivity index (χ2n) is 7.28. The van der Waals surface area contributed by atoms with Crippen molar-refractivity contribution in [2.75, 3.05) is 38.6 Å². The highest BCUT2D eigenvalue weighted by molar-refractivity contribution is 7.99. The van der Waals surface area contributed by atoms with Crippen molar-refractivity contribution in [1.29, 1.82) is 0 Å². The van der Waals surface area contributed by atoms with E-state index in [0.717, 1.165) is 66.8 Å². The quantitative estimate of drug-likeness (QED) is 0.577. The summed E-state index contributed by atoms with van der Waals surface area (Å²) in [5.41, 5.74) is 1.45. The Kier molecular flexibility index (Phi) is 5.69. The van der Waals surface area contributed by atoms with Gasteiger partial charge in [-0.15, -0.1) is 11.3 Å². The second kappa shape index (κ2) is 8.00. The summed E-state index contributed by atoms with van der Waals surface area (Å²) in [6.45, 7) is 9.71. The monoisotopic (exact) mass is 393 g/mol. The molecule has 26 heavy (non-hydrogen) atoms. The molecule has 1 fully saturated rings. The highest BCUT2D eigenvalue weighted by Gasteiger charge is 2.24. The molecule has 0 amide bonds. The number of rotatable bonds is 5. The van der Waals surface area contributed by atoms with E-state index in [-0.39, 0.29) is 5.56 Å². The van der Waals surface area contributed by atoms with Crippen LogP contribution in [0.3, 0.4) is 0 Å². The molecule has 1 aliphatic heterocycles. The van der Waals surface area contributed by atoms with Gasteiger partial charge in [0, 0.05) is 36.8 Å². The number of aryl methyl sites for hydroxylation is 1. The number of hydrogen-bond acceptors (Lipinski definition) is 6. The molecule has 0 radical (unpaired) electrons. The summed E-state index contributed by atoms with van der Waals surface area (Å²) in [7, 11) is 0. The van der Waals surface area contributed by atoms with Gasteiger partial charge in [-0.25, -0.2) is 4.98 Å². The summed E-state index contributed by atoms with van der Waals surface area (Å²) < 4.78 is 7.28. The van der Waals surface area contributed by atoms with Crippen molar-refractivity contribution in [1.82, 2.24) is 14.5 Å². The van der Waals surface area contributed by atoms with Crippen molar-refractivity contribution in [3.63, 3.8) is 0 Å². The third-order valence-electron chi connectivity index (χ3n) is 5.44. The molecule has 1 saturated heterocycles. The highest BCUT2D eigenvalue weighted by atomic mass is 32.2. The fourth-order valence-corrected chi connectivity index (χ4v) is 6.37. The van der Waals surface area contributed by atoms with Gasteiger partial charge in [-0.3, -0.25) is 14.3 Å². The molecule has 0 bridgehead atoms. The molecule has 7 heteroatoms. The van der Waals surface area contributed by atoms with Gasteiger partial charge in [-0.2, -0.15) is 0 Å². The lowest BCUT2D eigenvalue weighted by Crippen LogP contribution is -2.37. The van der Waals surface area contributed by atoms with Crippen LogP contribution in [0.1, 0.15) is 30.7 Å². The van der Waals surface area contributed by atoms with Gasteiger partial charge in [0.2, 0.25) is 0 Å². The summed E-state index contributed by atoms with van der Waals surface area (Å²) in [5, 5.41) is 1.78. The van der Waals surface area contributed by atoms with Crippen LogP contribution in [0, 0.1) is 5.92 Å². The Labute approximate surface area is 162 Å². The van der Waals surface area contributed by atoms with Crippen LogP contribution < -0.4 is 5.56 Å². The van der Waals surface area contributed by atoms with E-state index >= 15 is 0 Å². The number of ether oxygens (including phenoxy) is 1. The zero-order valence-corrected chi connectivity index (χ0v) is 17.3. The number of fused-ring (bicyclic) bond motifs is 3. The Balaban J connectivity index is 1.59. The molecule has 4 rings (SSSR count). The smallest absolute Gasteiger partial charge is 0.263 e. The Morgan fingerprint density at radius 3 is 2.92 bits per heavy atom. The van der Waals surface area contributed by atoms with E-state index in [0.29, 0.717) is 12.5 Å². The molecule has 1 atom stereocenters. The van der Waals surface area contributed by atoms with Gasteiger partial charge in [0.1, 0.15) is 4.83 Å². The molecule has 2 aromatic rings. The van der Waals surface area contributed by atoms with Crippen molar-refractivity contribution < 1.29 is 4.74 Å². The molecule has 0 aromatic carbocycles. The van der Waals surface area contributed by atoms with Crippen LogP contribution in [0.4, 0.5) is 0 Å². The van der Waals surface area contributed by atoms with Crippen LogP contribution in [0.5, 0.6) is 0 Å². The van der Waals surface area contributed by atoms with Crippen LogP contribution in [0.25, 0.3) is 10.2 Å². The Hall–Kier alpha value is -0.890. The normalized spacial score (nSPS) is 21.2. The van der Waals surface area contributed by atoms with E-state index in [9.17, 15) is 4.79 Å². The van der Waals surface area contributed by atoms with Gasteiger partial charge in [-0.05, 0) is 37.7 Å². The molecule has 1 aliphatic carbocycles. The maximum absolute atomic E-state index is 13.1.